The highest BCUT2D eigenvalue weighted by Gasteiger charge is 2.02. The summed E-state index contributed by atoms with van der Waals surface area (Å²) in [5.41, 5.74) is 3.56. The lowest BCUT2D eigenvalue weighted by Gasteiger charge is -2.08. The van der Waals surface area contributed by atoms with Crippen LogP contribution < -0.4 is 5.32 Å². The van der Waals surface area contributed by atoms with Crippen LogP contribution in [0.2, 0.25) is 5.02 Å². The number of aromatic nitrogens is 1. The number of pyridine rings is 1. The maximum absolute atomic E-state index is 6.16. The molecule has 1 aromatic heterocycles. The fraction of sp³-hybridized carbons (Fsp3) is 0.214. The normalized spacial score (nSPS) is 10.6. The number of nitrogens with zero attached hydrogens (tertiary/aromatic N) is 1. The van der Waals surface area contributed by atoms with E-state index in [0.717, 1.165) is 28.1 Å². The first kappa shape index (κ1) is 13.5. The van der Waals surface area contributed by atoms with Crippen LogP contribution in [0.15, 0.2) is 41.1 Å². The molecule has 2 nitrogen and oxygen atoms in total. The van der Waals surface area contributed by atoms with Crippen molar-refractivity contribution in [1.82, 2.24) is 10.3 Å². The molecule has 0 unspecified atom stereocenters. The monoisotopic (exact) mass is 324 g/mol. The average molecular weight is 326 g/mol. The van der Waals surface area contributed by atoms with Gasteiger partial charge in [-0.05, 0) is 41.8 Å². The second kappa shape index (κ2) is 6.32. The Bertz CT molecular complexity index is 543. The third-order valence-corrected chi connectivity index (χ3v) is 3.64. The van der Waals surface area contributed by atoms with E-state index >= 15 is 0 Å². The van der Waals surface area contributed by atoms with Crippen LogP contribution in [0.3, 0.4) is 0 Å². The molecule has 1 aromatic carbocycles. The van der Waals surface area contributed by atoms with E-state index in [2.05, 4.69) is 33.2 Å². The van der Waals surface area contributed by atoms with Gasteiger partial charge in [-0.15, -0.1) is 0 Å². The molecular formula is C14H14BrClN2. The van der Waals surface area contributed by atoms with Crippen molar-refractivity contribution in [3.05, 3.63) is 62.8 Å². The van der Waals surface area contributed by atoms with E-state index in [1.165, 1.54) is 11.1 Å². The zero-order valence-electron chi connectivity index (χ0n) is 10.1. The topological polar surface area (TPSA) is 24.9 Å². The number of hydrogen-bond acceptors (Lipinski definition) is 2. The van der Waals surface area contributed by atoms with Gasteiger partial charge in [-0.2, -0.15) is 0 Å². The standard InChI is InChI=1S/C14H14BrClN2/c1-10-4-5-17-8-12(10)9-18-7-11-2-3-13(15)6-14(11)16/h2-6,8,18H,7,9H2,1H3. The summed E-state index contributed by atoms with van der Waals surface area (Å²) in [4.78, 5) is 4.13. The lowest BCUT2D eigenvalue weighted by atomic mass is 10.1. The maximum atomic E-state index is 6.16. The third kappa shape index (κ3) is 3.55. The van der Waals surface area contributed by atoms with Crippen LogP contribution in [0, 0.1) is 6.92 Å². The quantitative estimate of drug-likeness (QED) is 0.915. The first-order valence-corrected chi connectivity index (χ1v) is 6.88. The highest BCUT2D eigenvalue weighted by Crippen LogP contribution is 2.21. The van der Waals surface area contributed by atoms with Crippen molar-refractivity contribution in [3.63, 3.8) is 0 Å². The molecule has 0 aliphatic carbocycles. The molecule has 0 saturated heterocycles. The summed E-state index contributed by atoms with van der Waals surface area (Å²) >= 11 is 9.56. The van der Waals surface area contributed by atoms with Gasteiger partial charge >= 0.3 is 0 Å². The molecule has 0 aliphatic heterocycles. The predicted molar refractivity (Wildman–Crippen MR) is 78.7 cm³/mol. The third-order valence-electron chi connectivity index (χ3n) is 2.79. The Labute approximate surface area is 121 Å². The maximum Gasteiger partial charge on any atom is 0.0462 e. The van der Waals surface area contributed by atoms with Gasteiger partial charge in [0, 0.05) is 35.0 Å². The van der Waals surface area contributed by atoms with E-state index in [0.29, 0.717) is 0 Å². The Morgan fingerprint density at radius 1 is 1.22 bits per heavy atom. The molecule has 18 heavy (non-hydrogen) atoms. The van der Waals surface area contributed by atoms with E-state index in [-0.39, 0.29) is 0 Å². The Kier molecular flexibility index (Phi) is 4.75. The van der Waals surface area contributed by atoms with Crippen LogP contribution in [0.4, 0.5) is 0 Å². The zero-order chi connectivity index (χ0) is 13.0. The Morgan fingerprint density at radius 3 is 2.72 bits per heavy atom. The Hall–Kier alpha value is -0.900. The Balaban J connectivity index is 1.95. The van der Waals surface area contributed by atoms with Crippen LogP contribution in [-0.4, -0.2) is 4.98 Å². The summed E-state index contributed by atoms with van der Waals surface area (Å²) in [6, 6.07) is 7.95. The first-order valence-electron chi connectivity index (χ1n) is 5.71. The van der Waals surface area contributed by atoms with Gasteiger partial charge in [-0.25, -0.2) is 0 Å². The minimum Gasteiger partial charge on any atom is -0.308 e. The van der Waals surface area contributed by atoms with E-state index < -0.39 is 0 Å². The lowest BCUT2D eigenvalue weighted by Crippen LogP contribution is -2.14. The van der Waals surface area contributed by atoms with Gasteiger partial charge in [-0.1, -0.05) is 33.6 Å². The van der Waals surface area contributed by atoms with Crippen LogP contribution in [-0.2, 0) is 13.1 Å². The fourth-order valence-electron chi connectivity index (χ4n) is 1.68. The molecule has 0 bridgehead atoms. The van der Waals surface area contributed by atoms with Gasteiger partial charge < -0.3 is 5.32 Å². The Morgan fingerprint density at radius 2 is 2.00 bits per heavy atom. The van der Waals surface area contributed by atoms with Crippen molar-refractivity contribution >= 4 is 27.5 Å². The summed E-state index contributed by atoms with van der Waals surface area (Å²) in [5.74, 6) is 0. The minimum atomic E-state index is 0.750. The molecule has 0 amide bonds. The second-order valence-corrected chi connectivity index (χ2v) is 5.46. The number of hydrogen-bond donors (Lipinski definition) is 1. The molecule has 0 aliphatic rings. The van der Waals surface area contributed by atoms with Crippen molar-refractivity contribution in [2.45, 2.75) is 20.0 Å². The smallest absolute Gasteiger partial charge is 0.0462 e. The number of halogens is 2. The molecule has 2 rings (SSSR count). The summed E-state index contributed by atoms with van der Waals surface area (Å²) < 4.78 is 0.999. The SMILES string of the molecule is Cc1ccncc1CNCc1ccc(Br)cc1Cl. The molecule has 0 atom stereocenters. The zero-order valence-corrected chi connectivity index (χ0v) is 12.4. The molecule has 1 N–H and O–H groups in total. The highest BCUT2D eigenvalue weighted by atomic mass is 79.9. The van der Waals surface area contributed by atoms with E-state index in [4.69, 9.17) is 11.6 Å². The number of benzene rings is 1. The molecule has 94 valence electrons. The van der Waals surface area contributed by atoms with Crippen LogP contribution in [0.25, 0.3) is 0 Å². The molecule has 4 heteroatoms. The molecule has 0 spiro atoms. The molecule has 0 saturated carbocycles. The van der Waals surface area contributed by atoms with Gasteiger partial charge in [0.25, 0.3) is 0 Å². The van der Waals surface area contributed by atoms with Gasteiger partial charge in [0.15, 0.2) is 0 Å². The second-order valence-electron chi connectivity index (χ2n) is 4.14. The highest BCUT2D eigenvalue weighted by molar-refractivity contribution is 9.10. The van der Waals surface area contributed by atoms with E-state index in [1.54, 1.807) is 0 Å². The van der Waals surface area contributed by atoms with Gasteiger partial charge in [0.2, 0.25) is 0 Å². The summed E-state index contributed by atoms with van der Waals surface area (Å²) in [6.45, 7) is 3.64. The minimum absolute atomic E-state index is 0.750. The van der Waals surface area contributed by atoms with Crippen molar-refractivity contribution in [2.75, 3.05) is 0 Å². The largest absolute Gasteiger partial charge is 0.308 e. The molecule has 0 fully saturated rings. The summed E-state index contributed by atoms with van der Waals surface area (Å²) in [6.07, 6.45) is 3.70. The number of nitrogens with one attached hydrogen (secondary N) is 1. The summed E-state index contributed by atoms with van der Waals surface area (Å²) in [5, 5.41) is 4.16. The molecule has 1 heterocycles. The fourth-order valence-corrected chi connectivity index (χ4v) is 2.42. The number of rotatable bonds is 4. The first-order chi connectivity index (χ1) is 8.66. The van der Waals surface area contributed by atoms with Crippen molar-refractivity contribution < 1.29 is 0 Å². The molecule has 2 aromatic rings. The van der Waals surface area contributed by atoms with Gasteiger partial charge in [-0.3, -0.25) is 4.98 Å². The van der Waals surface area contributed by atoms with Crippen molar-refractivity contribution in [1.29, 1.82) is 0 Å². The van der Waals surface area contributed by atoms with Gasteiger partial charge in [0.1, 0.15) is 0 Å². The van der Waals surface area contributed by atoms with E-state index in [1.807, 2.05) is 36.7 Å². The molecular weight excluding hydrogens is 312 g/mol. The van der Waals surface area contributed by atoms with Crippen LogP contribution in [0.5, 0.6) is 0 Å². The lowest BCUT2D eigenvalue weighted by molar-refractivity contribution is 0.688. The molecule has 0 radical (unpaired) electrons. The average Bonchev–Trinajstić information content (AvgIpc) is 2.34. The van der Waals surface area contributed by atoms with Crippen LogP contribution >= 0.6 is 27.5 Å². The summed E-state index contributed by atoms with van der Waals surface area (Å²) in [7, 11) is 0. The van der Waals surface area contributed by atoms with Crippen LogP contribution in [0.1, 0.15) is 16.7 Å². The van der Waals surface area contributed by atoms with E-state index in [9.17, 15) is 0 Å². The van der Waals surface area contributed by atoms with Gasteiger partial charge in [0.05, 0.1) is 0 Å². The van der Waals surface area contributed by atoms with Crippen molar-refractivity contribution in [3.8, 4) is 0 Å². The van der Waals surface area contributed by atoms with Crippen molar-refractivity contribution in [2.24, 2.45) is 0 Å². The number of aryl methyl sites for hydroxylation is 1. The predicted octanol–water partition coefficient (Wildman–Crippen LogP) is 4.10.